The molecule has 5 nitrogen and oxygen atoms in total. The minimum atomic E-state index is -0.941. The molecule has 31 heavy (non-hydrogen) atoms. The standard InChI is InChI=1S/C25H21N3O2S/c29-24(30)20-12-7-13-21(16-20)28-23(19-14-15-19)26-27-25(28)31-22(17-8-3-1-4-9-17)18-10-5-2-6-11-18/h1-13,16,19,22H,14-15H2,(H,29,30). The molecule has 4 aromatic rings. The molecule has 1 N–H and O–H groups in total. The molecule has 5 rings (SSSR count). The van der Waals surface area contributed by atoms with E-state index < -0.39 is 5.97 Å². The van der Waals surface area contributed by atoms with Crippen LogP contribution in [-0.2, 0) is 0 Å². The predicted octanol–water partition coefficient (Wildman–Crippen LogP) is 5.72. The molecular formula is C25H21N3O2S. The summed E-state index contributed by atoms with van der Waals surface area (Å²) in [6.45, 7) is 0. The summed E-state index contributed by atoms with van der Waals surface area (Å²) < 4.78 is 2.04. The van der Waals surface area contributed by atoms with Gasteiger partial charge >= 0.3 is 5.97 Å². The monoisotopic (exact) mass is 427 g/mol. The summed E-state index contributed by atoms with van der Waals surface area (Å²) in [7, 11) is 0. The Kier molecular flexibility index (Phi) is 5.30. The van der Waals surface area contributed by atoms with Crippen molar-refractivity contribution in [1.82, 2.24) is 14.8 Å². The number of hydrogen-bond acceptors (Lipinski definition) is 4. The third kappa shape index (κ3) is 4.11. The molecule has 0 saturated heterocycles. The normalized spacial score (nSPS) is 13.5. The quantitative estimate of drug-likeness (QED) is 0.382. The molecule has 6 heteroatoms. The van der Waals surface area contributed by atoms with E-state index in [0.717, 1.165) is 29.5 Å². The predicted molar refractivity (Wildman–Crippen MR) is 121 cm³/mol. The second-order valence-electron chi connectivity index (χ2n) is 7.63. The van der Waals surface area contributed by atoms with E-state index in [1.807, 2.05) is 47.0 Å². The van der Waals surface area contributed by atoms with E-state index in [0.29, 0.717) is 5.92 Å². The molecule has 0 unspecified atom stereocenters. The molecule has 3 aromatic carbocycles. The first-order valence-electron chi connectivity index (χ1n) is 10.3. The zero-order valence-electron chi connectivity index (χ0n) is 16.8. The van der Waals surface area contributed by atoms with Gasteiger partial charge < -0.3 is 5.11 Å². The van der Waals surface area contributed by atoms with Crippen LogP contribution in [0.1, 0.15) is 51.3 Å². The number of carboxylic acids is 1. The van der Waals surface area contributed by atoms with Crippen molar-refractivity contribution in [3.63, 3.8) is 0 Å². The van der Waals surface area contributed by atoms with Gasteiger partial charge in [-0.05, 0) is 42.2 Å². The van der Waals surface area contributed by atoms with Gasteiger partial charge in [-0.15, -0.1) is 10.2 Å². The topological polar surface area (TPSA) is 68.0 Å². The Morgan fingerprint density at radius 2 is 1.55 bits per heavy atom. The smallest absolute Gasteiger partial charge is 0.335 e. The molecule has 0 aliphatic heterocycles. The maximum atomic E-state index is 11.5. The van der Waals surface area contributed by atoms with Crippen LogP contribution in [0.5, 0.6) is 0 Å². The average molecular weight is 428 g/mol. The second-order valence-corrected chi connectivity index (χ2v) is 8.70. The SMILES string of the molecule is O=C(O)c1cccc(-n2c(SC(c3ccccc3)c3ccccc3)nnc2C2CC2)c1. The van der Waals surface area contributed by atoms with Crippen molar-refractivity contribution < 1.29 is 9.90 Å². The van der Waals surface area contributed by atoms with Crippen molar-refractivity contribution in [2.24, 2.45) is 0 Å². The summed E-state index contributed by atoms with van der Waals surface area (Å²) >= 11 is 1.64. The summed E-state index contributed by atoms with van der Waals surface area (Å²) in [4.78, 5) is 11.5. The number of nitrogens with zero attached hydrogens (tertiary/aromatic N) is 3. The highest BCUT2D eigenvalue weighted by Crippen LogP contribution is 2.44. The zero-order chi connectivity index (χ0) is 21.2. The van der Waals surface area contributed by atoms with Crippen molar-refractivity contribution in [2.75, 3.05) is 0 Å². The van der Waals surface area contributed by atoms with Gasteiger partial charge in [-0.1, -0.05) is 78.5 Å². The largest absolute Gasteiger partial charge is 0.478 e. The van der Waals surface area contributed by atoms with E-state index in [1.54, 1.807) is 30.0 Å². The van der Waals surface area contributed by atoms with Crippen LogP contribution < -0.4 is 0 Å². The molecule has 0 spiro atoms. The van der Waals surface area contributed by atoms with Crippen molar-refractivity contribution in [2.45, 2.75) is 29.2 Å². The summed E-state index contributed by atoms with van der Waals surface area (Å²) in [5, 5.41) is 19.3. The number of thioether (sulfide) groups is 1. The summed E-state index contributed by atoms with van der Waals surface area (Å²) in [6.07, 6.45) is 2.17. The number of benzene rings is 3. The highest BCUT2D eigenvalue weighted by atomic mass is 32.2. The average Bonchev–Trinajstić information content (AvgIpc) is 3.58. The lowest BCUT2D eigenvalue weighted by molar-refractivity contribution is 0.0697. The van der Waals surface area contributed by atoms with Crippen LogP contribution in [0.3, 0.4) is 0 Å². The minimum absolute atomic E-state index is 0.0417. The number of hydrogen-bond donors (Lipinski definition) is 1. The molecule has 1 heterocycles. The van der Waals surface area contributed by atoms with Gasteiger partial charge in [0.25, 0.3) is 0 Å². The molecule has 0 radical (unpaired) electrons. The Bertz CT molecular complexity index is 1160. The van der Waals surface area contributed by atoms with Crippen LogP contribution in [0, 0.1) is 0 Å². The number of aromatic carboxylic acids is 1. The lowest BCUT2D eigenvalue weighted by atomic mass is 10.0. The van der Waals surface area contributed by atoms with Gasteiger partial charge in [0, 0.05) is 5.92 Å². The first kappa shape index (κ1) is 19.6. The van der Waals surface area contributed by atoms with Crippen LogP contribution in [0.25, 0.3) is 5.69 Å². The van der Waals surface area contributed by atoms with Gasteiger partial charge in [-0.3, -0.25) is 4.57 Å². The molecule has 1 aliphatic carbocycles. The third-order valence-corrected chi connectivity index (χ3v) is 6.64. The zero-order valence-corrected chi connectivity index (χ0v) is 17.6. The van der Waals surface area contributed by atoms with E-state index in [-0.39, 0.29) is 10.8 Å². The maximum absolute atomic E-state index is 11.5. The molecule has 154 valence electrons. The van der Waals surface area contributed by atoms with Gasteiger partial charge in [0.1, 0.15) is 5.82 Å². The summed E-state index contributed by atoms with van der Waals surface area (Å²) in [6, 6.07) is 27.7. The highest BCUT2D eigenvalue weighted by molar-refractivity contribution is 7.99. The van der Waals surface area contributed by atoms with Crippen molar-refractivity contribution in [1.29, 1.82) is 0 Å². The first-order valence-corrected chi connectivity index (χ1v) is 11.1. The van der Waals surface area contributed by atoms with Crippen LogP contribution in [0.2, 0.25) is 0 Å². The number of carbonyl (C=O) groups is 1. The molecular weight excluding hydrogens is 406 g/mol. The van der Waals surface area contributed by atoms with E-state index in [1.165, 1.54) is 11.1 Å². The van der Waals surface area contributed by atoms with E-state index >= 15 is 0 Å². The van der Waals surface area contributed by atoms with E-state index in [4.69, 9.17) is 0 Å². The van der Waals surface area contributed by atoms with Crippen molar-refractivity contribution >= 4 is 17.7 Å². The van der Waals surface area contributed by atoms with E-state index in [9.17, 15) is 9.90 Å². The molecule has 1 fully saturated rings. The number of rotatable bonds is 7. The van der Waals surface area contributed by atoms with E-state index in [2.05, 4.69) is 34.5 Å². The fourth-order valence-corrected chi connectivity index (χ4v) is 4.86. The molecule has 0 amide bonds. The van der Waals surface area contributed by atoms with Gasteiger partial charge in [0.05, 0.1) is 16.5 Å². The van der Waals surface area contributed by atoms with Gasteiger partial charge in [0.2, 0.25) is 0 Å². The summed E-state index contributed by atoms with van der Waals surface area (Å²) in [5.41, 5.74) is 3.40. The minimum Gasteiger partial charge on any atom is -0.478 e. The fraction of sp³-hybridized carbons (Fsp3) is 0.160. The van der Waals surface area contributed by atoms with Crippen LogP contribution >= 0.6 is 11.8 Å². The highest BCUT2D eigenvalue weighted by Gasteiger charge is 2.32. The lowest BCUT2D eigenvalue weighted by Crippen LogP contribution is -2.06. The molecule has 0 bridgehead atoms. The van der Waals surface area contributed by atoms with Crippen LogP contribution in [0.15, 0.2) is 90.1 Å². The lowest BCUT2D eigenvalue weighted by Gasteiger charge is -2.18. The van der Waals surface area contributed by atoms with Crippen molar-refractivity contribution in [3.8, 4) is 5.69 Å². The number of aromatic nitrogens is 3. The Morgan fingerprint density at radius 3 is 2.13 bits per heavy atom. The molecule has 0 atom stereocenters. The first-order chi connectivity index (χ1) is 15.2. The second kappa shape index (κ2) is 8.40. The molecule has 1 aromatic heterocycles. The Hall–Kier alpha value is -3.38. The van der Waals surface area contributed by atoms with Crippen LogP contribution in [0.4, 0.5) is 0 Å². The van der Waals surface area contributed by atoms with Gasteiger partial charge in [0.15, 0.2) is 5.16 Å². The maximum Gasteiger partial charge on any atom is 0.335 e. The van der Waals surface area contributed by atoms with Crippen LogP contribution in [-0.4, -0.2) is 25.8 Å². The van der Waals surface area contributed by atoms with Gasteiger partial charge in [-0.25, -0.2) is 4.79 Å². The molecule has 1 saturated carbocycles. The number of carboxylic acid groups (broad SMARTS) is 1. The third-order valence-electron chi connectivity index (χ3n) is 5.38. The Morgan fingerprint density at radius 1 is 0.903 bits per heavy atom. The Labute approximate surface area is 184 Å². The Balaban J connectivity index is 1.60. The summed E-state index contributed by atoms with van der Waals surface area (Å²) in [5.74, 6) is 0.343. The van der Waals surface area contributed by atoms with Gasteiger partial charge in [-0.2, -0.15) is 0 Å². The fourth-order valence-electron chi connectivity index (χ4n) is 3.67. The molecule has 1 aliphatic rings. The van der Waals surface area contributed by atoms with Crippen molar-refractivity contribution in [3.05, 3.63) is 107 Å².